The molecule has 0 spiro atoms. The topological polar surface area (TPSA) is 80.2 Å². The zero-order valence-electron chi connectivity index (χ0n) is 15.7. The van der Waals surface area contributed by atoms with Gasteiger partial charge < -0.3 is 15.2 Å². The van der Waals surface area contributed by atoms with E-state index < -0.39 is 5.91 Å². The van der Waals surface area contributed by atoms with Crippen molar-refractivity contribution >= 4 is 23.2 Å². The Morgan fingerprint density at radius 2 is 1.64 bits per heavy atom. The molecule has 1 aromatic heterocycles. The van der Waals surface area contributed by atoms with Crippen molar-refractivity contribution in [2.45, 2.75) is 20.4 Å². The van der Waals surface area contributed by atoms with Crippen molar-refractivity contribution in [2.24, 2.45) is 0 Å². The van der Waals surface area contributed by atoms with E-state index >= 15 is 0 Å². The van der Waals surface area contributed by atoms with Gasteiger partial charge in [-0.05, 0) is 42.8 Å². The summed E-state index contributed by atoms with van der Waals surface area (Å²) in [6, 6.07) is 17.8. The third kappa shape index (κ3) is 4.73. The summed E-state index contributed by atoms with van der Waals surface area (Å²) in [5.74, 6) is -0.700. The second kappa shape index (κ2) is 8.35. The standard InChI is InChI=1S/C22H21N3O3/c1-15-6-3-7-17(12-15)14-25-11-5-10-20(22(25)28)21(27)24-19-9-4-8-18(13-19)23-16(2)26/h3-13H,14H2,1-2H3,(H,23,26)(H,24,27). The molecule has 3 aromatic rings. The molecule has 2 aromatic carbocycles. The summed E-state index contributed by atoms with van der Waals surface area (Å²) in [6.07, 6.45) is 1.67. The number of amides is 2. The second-order valence-electron chi connectivity index (χ2n) is 6.56. The van der Waals surface area contributed by atoms with Gasteiger partial charge in [-0.2, -0.15) is 0 Å². The monoisotopic (exact) mass is 375 g/mol. The van der Waals surface area contributed by atoms with Gasteiger partial charge in [-0.25, -0.2) is 0 Å². The maximum atomic E-state index is 12.7. The normalized spacial score (nSPS) is 10.4. The van der Waals surface area contributed by atoms with Gasteiger partial charge in [0, 0.05) is 24.5 Å². The first-order chi connectivity index (χ1) is 13.4. The number of rotatable bonds is 5. The SMILES string of the molecule is CC(=O)Nc1cccc(NC(=O)c2cccn(Cc3cccc(C)c3)c2=O)c1. The first kappa shape index (κ1) is 19.1. The summed E-state index contributed by atoms with van der Waals surface area (Å²) >= 11 is 0. The average molecular weight is 375 g/mol. The van der Waals surface area contributed by atoms with E-state index in [0.717, 1.165) is 11.1 Å². The van der Waals surface area contributed by atoms with E-state index in [4.69, 9.17) is 0 Å². The van der Waals surface area contributed by atoms with Crippen molar-refractivity contribution < 1.29 is 9.59 Å². The van der Waals surface area contributed by atoms with Crippen LogP contribution < -0.4 is 16.2 Å². The largest absolute Gasteiger partial charge is 0.326 e. The molecule has 28 heavy (non-hydrogen) atoms. The third-order valence-electron chi connectivity index (χ3n) is 4.14. The lowest BCUT2D eigenvalue weighted by Crippen LogP contribution is -2.29. The van der Waals surface area contributed by atoms with Crippen LogP contribution in [0.2, 0.25) is 0 Å². The van der Waals surface area contributed by atoms with Crippen LogP contribution in [-0.4, -0.2) is 16.4 Å². The highest BCUT2D eigenvalue weighted by Gasteiger charge is 2.13. The Morgan fingerprint density at radius 1 is 0.929 bits per heavy atom. The highest BCUT2D eigenvalue weighted by atomic mass is 16.2. The van der Waals surface area contributed by atoms with Crippen molar-refractivity contribution in [3.63, 3.8) is 0 Å². The van der Waals surface area contributed by atoms with Crippen LogP contribution in [0.4, 0.5) is 11.4 Å². The summed E-state index contributed by atoms with van der Waals surface area (Å²) in [5, 5.41) is 5.36. The summed E-state index contributed by atoms with van der Waals surface area (Å²) in [4.78, 5) is 36.5. The number of anilines is 2. The molecule has 0 unspecified atom stereocenters. The number of nitrogens with zero attached hydrogens (tertiary/aromatic N) is 1. The minimum Gasteiger partial charge on any atom is -0.326 e. The lowest BCUT2D eigenvalue weighted by atomic mass is 10.1. The predicted octanol–water partition coefficient (Wildman–Crippen LogP) is 3.42. The van der Waals surface area contributed by atoms with Gasteiger partial charge in [0.25, 0.3) is 11.5 Å². The molecule has 0 fully saturated rings. The van der Waals surface area contributed by atoms with Crippen LogP contribution >= 0.6 is 0 Å². The van der Waals surface area contributed by atoms with Crippen molar-refractivity contribution in [3.05, 3.63) is 93.9 Å². The maximum Gasteiger partial charge on any atom is 0.263 e. The van der Waals surface area contributed by atoms with Gasteiger partial charge in [0.15, 0.2) is 0 Å². The average Bonchev–Trinajstić information content (AvgIpc) is 2.63. The molecule has 6 heteroatoms. The Balaban J connectivity index is 1.81. The van der Waals surface area contributed by atoms with E-state index in [2.05, 4.69) is 10.6 Å². The van der Waals surface area contributed by atoms with Crippen LogP contribution in [0.1, 0.15) is 28.4 Å². The van der Waals surface area contributed by atoms with Crippen LogP contribution in [-0.2, 0) is 11.3 Å². The molecule has 0 aliphatic heterocycles. The lowest BCUT2D eigenvalue weighted by Gasteiger charge is -2.10. The van der Waals surface area contributed by atoms with E-state index in [1.807, 2.05) is 31.2 Å². The van der Waals surface area contributed by atoms with E-state index in [1.54, 1.807) is 36.5 Å². The van der Waals surface area contributed by atoms with Crippen molar-refractivity contribution in [2.75, 3.05) is 10.6 Å². The quantitative estimate of drug-likeness (QED) is 0.717. The van der Waals surface area contributed by atoms with Gasteiger partial charge >= 0.3 is 0 Å². The van der Waals surface area contributed by atoms with Crippen LogP contribution in [0, 0.1) is 6.92 Å². The molecule has 142 valence electrons. The molecule has 0 radical (unpaired) electrons. The zero-order chi connectivity index (χ0) is 20.1. The van der Waals surface area contributed by atoms with Gasteiger partial charge in [0.05, 0.1) is 6.54 Å². The molecule has 0 saturated heterocycles. The fourth-order valence-electron chi connectivity index (χ4n) is 2.92. The number of hydrogen-bond acceptors (Lipinski definition) is 3. The minimum atomic E-state index is -0.497. The fourth-order valence-corrected chi connectivity index (χ4v) is 2.92. The van der Waals surface area contributed by atoms with E-state index in [9.17, 15) is 14.4 Å². The number of pyridine rings is 1. The smallest absolute Gasteiger partial charge is 0.263 e. The Labute approximate surface area is 162 Å². The number of nitrogens with one attached hydrogen (secondary N) is 2. The van der Waals surface area contributed by atoms with Crippen LogP contribution in [0.25, 0.3) is 0 Å². The molecule has 0 aliphatic carbocycles. The summed E-state index contributed by atoms with van der Waals surface area (Å²) in [5.41, 5.74) is 2.85. The van der Waals surface area contributed by atoms with Crippen LogP contribution in [0.15, 0.2) is 71.7 Å². The van der Waals surface area contributed by atoms with Crippen molar-refractivity contribution in [1.29, 1.82) is 0 Å². The molecule has 3 rings (SSSR count). The number of hydrogen-bond donors (Lipinski definition) is 2. The lowest BCUT2D eigenvalue weighted by molar-refractivity contribution is -0.114. The molecule has 0 atom stereocenters. The van der Waals surface area contributed by atoms with Crippen molar-refractivity contribution in [1.82, 2.24) is 4.57 Å². The molecule has 0 aliphatic rings. The summed E-state index contributed by atoms with van der Waals surface area (Å²) in [6.45, 7) is 3.79. The van der Waals surface area contributed by atoms with E-state index in [0.29, 0.717) is 17.9 Å². The Morgan fingerprint density at radius 3 is 2.36 bits per heavy atom. The third-order valence-corrected chi connectivity index (χ3v) is 4.14. The Hall–Kier alpha value is -3.67. The molecule has 0 saturated carbocycles. The highest BCUT2D eigenvalue weighted by Crippen LogP contribution is 2.15. The Kier molecular flexibility index (Phi) is 5.69. The number of aromatic nitrogens is 1. The number of carbonyl (C=O) groups excluding carboxylic acids is 2. The highest BCUT2D eigenvalue weighted by molar-refractivity contribution is 6.04. The van der Waals surface area contributed by atoms with Gasteiger partial charge in [0.1, 0.15) is 5.56 Å². The number of carbonyl (C=O) groups is 2. The predicted molar refractivity (Wildman–Crippen MR) is 110 cm³/mol. The Bertz CT molecular complexity index is 1090. The molecular formula is C22H21N3O3. The van der Waals surface area contributed by atoms with E-state index in [-0.39, 0.29) is 17.0 Å². The summed E-state index contributed by atoms with van der Waals surface area (Å²) in [7, 11) is 0. The van der Waals surface area contributed by atoms with Gasteiger partial charge in [-0.1, -0.05) is 35.9 Å². The fraction of sp³-hybridized carbons (Fsp3) is 0.136. The van der Waals surface area contributed by atoms with Gasteiger partial charge in [-0.3, -0.25) is 14.4 Å². The van der Waals surface area contributed by atoms with Gasteiger partial charge in [0.2, 0.25) is 5.91 Å². The van der Waals surface area contributed by atoms with Gasteiger partial charge in [-0.15, -0.1) is 0 Å². The molecule has 6 nitrogen and oxygen atoms in total. The first-order valence-corrected chi connectivity index (χ1v) is 8.86. The van der Waals surface area contributed by atoms with Crippen LogP contribution in [0.5, 0.6) is 0 Å². The number of aryl methyl sites for hydroxylation is 1. The van der Waals surface area contributed by atoms with Crippen molar-refractivity contribution in [3.8, 4) is 0 Å². The van der Waals surface area contributed by atoms with E-state index in [1.165, 1.54) is 17.6 Å². The summed E-state index contributed by atoms with van der Waals surface area (Å²) < 4.78 is 1.51. The molecular weight excluding hydrogens is 354 g/mol. The molecule has 0 bridgehead atoms. The second-order valence-corrected chi connectivity index (χ2v) is 6.56. The minimum absolute atomic E-state index is 0.0556. The first-order valence-electron chi connectivity index (χ1n) is 8.86. The zero-order valence-corrected chi connectivity index (χ0v) is 15.7. The molecule has 2 N–H and O–H groups in total. The maximum absolute atomic E-state index is 12.7. The molecule has 1 heterocycles. The number of benzene rings is 2. The van der Waals surface area contributed by atoms with Crippen LogP contribution in [0.3, 0.4) is 0 Å². The molecule has 2 amide bonds.